The van der Waals surface area contributed by atoms with E-state index in [0.29, 0.717) is 38.4 Å². The van der Waals surface area contributed by atoms with Crippen molar-refractivity contribution in [2.45, 2.75) is 93.5 Å². The smallest absolute Gasteiger partial charge is 0.227 e. The number of ketones is 2. The van der Waals surface area contributed by atoms with Gasteiger partial charge in [0, 0.05) is 23.2 Å². The Balaban J connectivity index is 1.71. The second kappa shape index (κ2) is 6.18. The molecule has 0 aromatic rings. The highest BCUT2D eigenvalue weighted by atomic mass is 35.5. The van der Waals surface area contributed by atoms with Crippen molar-refractivity contribution in [3.8, 4) is 0 Å². The fourth-order valence-electron chi connectivity index (χ4n) is 8.05. The fourth-order valence-corrected chi connectivity index (χ4v) is 9.33. The van der Waals surface area contributed by atoms with Gasteiger partial charge in [-0.05, 0) is 51.5 Å². The quantitative estimate of drug-likeness (QED) is 0.356. The molecular weight excluding hydrogens is 427 g/mol. The molecule has 2 bridgehead atoms. The monoisotopic (exact) mass is 454 g/mol. The highest BCUT2D eigenvalue weighted by molar-refractivity contribution is 6.34. The predicted molar refractivity (Wildman–Crippen MR) is 112 cm³/mol. The predicted octanol–water partition coefficient (Wildman–Crippen LogP) is 4.12. The summed E-state index contributed by atoms with van der Waals surface area (Å²) in [5.74, 6) is -0.492. The van der Waals surface area contributed by atoms with E-state index in [2.05, 4.69) is 6.92 Å². The van der Waals surface area contributed by atoms with E-state index in [-0.39, 0.29) is 11.7 Å². The van der Waals surface area contributed by atoms with Crippen molar-refractivity contribution >= 4 is 41.1 Å². The molecule has 5 rings (SSSR count). The summed E-state index contributed by atoms with van der Waals surface area (Å²) in [5, 5.41) is -0.457. The Hall–Kier alpha value is -0.750. The van der Waals surface area contributed by atoms with Crippen LogP contribution in [0.4, 0.5) is 0 Å². The van der Waals surface area contributed by atoms with E-state index in [1.54, 1.807) is 13.0 Å². The summed E-state index contributed by atoms with van der Waals surface area (Å²) < 4.78 is 12.7. The minimum Gasteiger partial charge on any atom is -0.345 e. The third-order valence-corrected chi connectivity index (χ3v) is 11.1. The number of alkyl halides is 2. The number of carbonyl (C=O) groups is 3. The molecule has 1 saturated heterocycles. The Bertz CT molecular complexity index is 887. The number of hydrogen-bond donors (Lipinski definition) is 0. The largest absolute Gasteiger partial charge is 0.345 e. The van der Waals surface area contributed by atoms with Crippen LogP contribution in [0.5, 0.6) is 0 Å². The summed E-state index contributed by atoms with van der Waals surface area (Å²) in [6.45, 7) is 5.93. The summed E-state index contributed by atoms with van der Waals surface area (Å²) >= 11 is 14.7. The van der Waals surface area contributed by atoms with Crippen LogP contribution in [0, 0.1) is 16.7 Å². The lowest BCUT2D eigenvalue weighted by atomic mass is 9.43. The van der Waals surface area contributed by atoms with Crippen molar-refractivity contribution in [3.63, 3.8) is 0 Å². The highest BCUT2D eigenvalue weighted by Gasteiger charge is 2.82. The Kier molecular flexibility index (Phi) is 4.35. The lowest BCUT2D eigenvalue weighted by Crippen LogP contribution is -2.77. The van der Waals surface area contributed by atoms with Gasteiger partial charge in [-0.25, -0.2) is 0 Å². The van der Waals surface area contributed by atoms with Gasteiger partial charge in [0.1, 0.15) is 5.60 Å². The molecule has 1 unspecified atom stereocenters. The average Bonchev–Trinajstić information content (AvgIpc) is 2.82. The molecule has 0 aromatic carbocycles. The van der Waals surface area contributed by atoms with E-state index in [0.717, 1.165) is 18.4 Å². The van der Waals surface area contributed by atoms with Gasteiger partial charge in [0.2, 0.25) is 5.78 Å². The maximum Gasteiger partial charge on any atom is 0.227 e. The molecule has 0 radical (unpaired) electrons. The van der Waals surface area contributed by atoms with E-state index < -0.39 is 44.4 Å². The summed E-state index contributed by atoms with van der Waals surface area (Å²) in [5.41, 5.74) is -2.01. The number of halogens is 2. The zero-order valence-corrected chi connectivity index (χ0v) is 19.1. The van der Waals surface area contributed by atoms with Crippen LogP contribution in [0.25, 0.3) is 0 Å². The molecule has 0 spiro atoms. The van der Waals surface area contributed by atoms with Crippen molar-refractivity contribution in [2.24, 2.45) is 16.7 Å². The molecule has 0 N–H and O–H groups in total. The van der Waals surface area contributed by atoms with E-state index in [4.69, 9.17) is 32.7 Å². The fraction of sp³-hybridized carbons (Fsp3) is 0.783. The number of Topliss-reactive ketones (excluding diaryl/α,β-unsaturated/α-hetero) is 1. The summed E-state index contributed by atoms with van der Waals surface area (Å²) in [6.07, 6.45) is 5.61. The van der Waals surface area contributed by atoms with E-state index in [1.165, 1.54) is 0 Å². The SMILES string of the molecule is CC1O[C@@]2(C(=O)C=O)CC[C@@]3(O1)[C@@H]1CCC4=CC(=O)CC[C@]4(C)[C@@]1(Cl)[C@@H](Cl)C[C@]23C. The maximum absolute atomic E-state index is 13.0. The zero-order chi connectivity index (χ0) is 21.7. The molecule has 0 aromatic heterocycles. The molecular formula is C23H28Cl2O5. The van der Waals surface area contributed by atoms with Crippen LogP contribution in [0.1, 0.15) is 65.7 Å². The second-order valence-corrected chi connectivity index (χ2v) is 11.5. The van der Waals surface area contributed by atoms with Crippen LogP contribution in [-0.4, -0.2) is 45.6 Å². The van der Waals surface area contributed by atoms with Gasteiger partial charge in [-0.3, -0.25) is 14.4 Å². The zero-order valence-electron chi connectivity index (χ0n) is 17.6. The summed E-state index contributed by atoms with van der Waals surface area (Å²) in [6, 6.07) is 0. The van der Waals surface area contributed by atoms with Crippen LogP contribution >= 0.6 is 23.2 Å². The number of fused-ring (bicyclic) bond motifs is 3. The van der Waals surface area contributed by atoms with Gasteiger partial charge in [0.25, 0.3) is 0 Å². The number of rotatable bonds is 2. The van der Waals surface area contributed by atoms with Crippen molar-refractivity contribution in [1.82, 2.24) is 0 Å². The van der Waals surface area contributed by atoms with E-state index in [9.17, 15) is 14.4 Å². The van der Waals surface area contributed by atoms with Crippen molar-refractivity contribution < 1.29 is 23.9 Å². The molecule has 7 heteroatoms. The van der Waals surface area contributed by atoms with Gasteiger partial charge >= 0.3 is 0 Å². The minimum absolute atomic E-state index is 0.115. The topological polar surface area (TPSA) is 69.7 Å². The van der Waals surface area contributed by atoms with Gasteiger partial charge in [0.15, 0.2) is 18.4 Å². The number of allylic oxidation sites excluding steroid dienone is 1. The van der Waals surface area contributed by atoms with Crippen molar-refractivity contribution in [1.29, 1.82) is 0 Å². The van der Waals surface area contributed by atoms with E-state index >= 15 is 0 Å². The van der Waals surface area contributed by atoms with Crippen LogP contribution in [0.2, 0.25) is 0 Å². The number of ether oxygens (including phenoxy) is 2. The molecule has 164 valence electrons. The molecule has 1 aliphatic heterocycles. The first-order valence-electron chi connectivity index (χ1n) is 10.9. The summed E-state index contributed by atoms with van der Waals surface area (Å²) in [4.78, 5) is 35.9. The lowest BCUT2D eigenvalue weighted by Gasteiger charge is -2.70. The molecule has 1 heterocycles. The molecule has 4 aliphatic carbocycles. The lowest BCUT2D eigenvalue weighted by molar-refractivity contribution is -0.360. The molecule has 5 aliphatic rings. The van der Waals surface area contributed by atoms with Gasteiger partial charge in [-0.2, -0.15) is 0 Å². The summed E-state index contributed by atoms with van der Waals surface area (Å²) in [7, 11) is 0. The molecule has 3 saturated carbocycles. The molecule has 4 fully saturated rings. The average molecular weight is 455 g/mol. The molecule has 8 atom stereocenters. The number of aldehydes is 1. The Morgan fingerprint density at radius 1 is 1.20 bits per heavy atom. The Morgan fingerprint density at radius 2 is 1.93 bits per heavy atom. The first-order chi connectivity index (χ1) is 14.0. The maximum atomic E-state index is 13.0. The minimum atomic E-state index is -1.22. The first-order valence-corrected chi connectivity index (χ1v) is 11.7. The number of hydrogen-bond acceptors (Lipinski definition) is 5. The highest BCUT2D eigenvalue weighted by Crippen LogP contribution is 2.76. The van der Waals surface area contributed by atoms with Gasteiger partial charge < -0.3 is 9.47 Å². The standard InChI is InChI=1S/C23H28Cl2O5/c1-13-29-21-8-9-22(30-13,18(28)12-26)20(21,3)11-17(24)23(25)16(21)5-4-14-10-15(27)6-7-19(14,23)2/h10,12-13,16-17H,4-9,11H2,1-3H3/t13?,16-,17-,19-,20-,21+,22+,23-/m0/s1. The van der Waals surface area contributed by atoms with Gasteiger partial charge in [-0.15, -0.1) is 23.2 Å². The molecule has 30 heavy (non-hydrogen) atoms. The van der Waals surface area contributed by atoms with E-state index in [1.807, 2.05) is 6.92 Å². The van der Waals surface area contributed by atoms with Gasteiger partial charge in [-0.1, -0.05) is 19.4 Å². The molecule has 0 amide bonds. The van der Waals surface area contributed by atoms with Gasteiger partial charge in [0.05, 0.1) is 15.9 Å². The van der Waals surface area contributed by atoms with Crippen LogP contribution in [0.15, 0.2) is 11.6 Å². The first kappa shape index (κ1) is 21.1. The van der Waals surface area contributed by atoms with Crippen molar-refractivity contribution in [2.75, 3.05) is 0 Å². The second-order valence-electron chi connectivity index (χ2n) is 10.3. The third-order valence-electron chi connectivity index (χ3n) is 9.50. The van der Waals surface area contributed by atoms with Crippen LogP contribution in [0.3, 0.4) is 0 Å². The van der Waals surface area contributed by atoms with Crippen LogP contribution < -0.4 is 0 Å². The normalized spacial score (nSPS) is 54.5. The van der Waals surface area contributed by atoms with Crippen LogP contribution in [-0.2, 0) is 23.9 Å². The van der Waals surface area contributed by atoms with Crippen molar-refractivity contribution in [3.05, 3.63) is 11.6 Å². The Morgan fingerprint density at radius 3 is 2.63 bits per heavy atom. The third kappa shape index (κ3) is 2.07. The number of carbonyl (C=O) groups excluding carboxylic acids is 3. The Labute approximate surface area is 186 Å². The molecule has 5 nitrogen and oxygen atoms in total.